The number of amides is 2. The van der Waals surface area contributed by atoms with Crippen LogP contribution in [0.4, 0.5) is 14.9 Å². The van der Waals surface area contributed by atoms with E-state index in [2.05, 4.69) is 10.0 Å². The molecule has 1 aromatic rings. The van der Waals surface area contributed by atoms with E-state index < -0.39 is 23.6 Å². The van der Waals surface area contributed by atoms with Gasteiger partial charge in [0.25, 0.3) is 0 Å². The van der Waals surface area contributed by atoms with E-state index in [0.717, 1.165) is 12.8 Å². The van der Waals surface area contributed by atoms with Gasteiger partial charge < -0.3 is 14.6 Å². The Morgan fingerprint density at radius 3 is 3.08 bits per heavy atom. The van der Waals surface area contributed by atoms with Crippen LogP contribution in [-0.4, -0.2) is 48.0 Å². The van der Waals surface area contributed by atoms with Crippen molar-refractivity contribution in [2.75, 3.05) is 30.3 Å². The summed E-state index contributed by atoms with van der Waals surface area (Å²) in [6, 6.07) is 4.71. The lowest BCUT2D eigenvalue weighted by Crippen LogP contribution is -2.33. The van der Waals surface area contributed by atoms with Crippen LogP contribution in [0.15, 0.2) is 18.2 Å². The maximum Gasteiger partial charge on any atom is 0.414 e. The molecule has 0 spiro atoms. The Kier molecular flexibility index (Phi) is 6.00. The highest BCUT2D eigenvalue weighted by atomic mass is 32.2. The molecular weight excluding hydrogens is 361 g/mol. The Morgan fingerprint density at radius 1 is 1.54 bits per heavy atom. The molecule has 0 saturated carbocycles. The Morgan fingerprint density at radius 2 is 2.35 bits per heavy atom. The van der Waals surface area contributed by atoms with Gasteiger partial charge in [0.15, 0.2) is 0 Å². The zero-order valence-corrected chi connectivity index (χ0v) is 15.3. The molecular formula is C17H22FN3O4S. The summed E-state index contributed by atoms with van der Waals surface area (Å²) in [5.41, 5.74) is 0.981. The standard InChI is InChI=1S/C17H22FN3O4S/c1-11(22)19-9-14-10-21(17(23)25-14)13-4-5-15(16(18)7-13)12-3-2-6-26(24)20-8-12/h4-5,7,12,14,20H,2-3,6,8-10H2,1H3,(H,19,22). The molecule has 2 saturated heterocycles. The summed E-state index contributed by atoms with van der Waals surface area (Å²) in [5.74, 6) is -0.0626. The normalized spacial score (nSPS) is 26.3. The fraction of sp³-hybridized carbons (Fsp3) is 0.529. The molecule has 2 heterocycles. The molecule has 0 bridgehead atoms. The van der Waals surface area contributed by atoms with E-state index in [9.17, 15) is 18.5 Å². The molecule has 1 aromatic carbocycles. The number of halogens is 1. The third-order valence-electron chi connectivity index (χ3n) is 4.56. The molecule has 7 nitrogen and oxygen atoms in total. The summed E-state index contributed by atoms with van der Waals surface area (Å²) in [6.07, 6.45) is 0.517. The van der Waals surface area contributed by atoms with E-state index in [1.165, 1.54) is 17.9 Å². The summed E-state index contributed by atoms with van der Waals surface area (Å²) < 4.78 is 34.3. The Balaban J connectivity index is 1.69. The number of hydrogen-bond donors (Lipinski definition) is 2. The number of ether oxygens (including phenoxy) is 1. The topological polar surface area (TPSA) is 93.7 Å². The molecule has 2 fully saturated rings. The van der Waals surface area contributed by atoms with Gasteiger partial charge in [-0.3, -0.25) is 9.69 Å². The quantitative estimate of drug-likeness (QED) is 0.767. The summed E-state index contributed by atoms with van der Waals surface area (Å²) in [6.45, 7) is 2.33. The highest BCUT2D eigenvalue weighted by molar-refractivity contribution is 7.89. The lowest BCUT2D eigenvalue weighted by Gasteiger charge is -2.18. The van der Waals surface area contributed by atoms with E-state index >= 15 is 0 Å². The number of rotatable bonds is 4. The molecule has 2 N–H and O–H groups in total. The van der Waals surface area contributed by atoms with Gasteiger partial charge in [0, 0.05) is 30.7 Å². The molecule has 3 rings (SSSR count). The highest BCUT2D eigenvalue weighted by Gasteiger charge is 2.33. The van der Waals surface area contributed by atoms with Gasteiger partial charge in [-0.05, 0) is 30.5 Å². The van der Waals surface area contributed by atoms with Crippen LogP contribution in [0.1, 0.15) is 31.2 Å². The molecule has 0 aliphatic carbocycles. The first-order chi connectivity index (χ1) is 12.4. The largest absolute Gasteiger partial charge is 0.598 e. The summed E-state index contributed by atoms with van der Waals surface area (Å²) in [5, 5.41) is 2.60. The fourth-order valence-electron chi connectivity index (χ4n) is 3.21. The van der Waals surface area contributed by atoms with Crippen molar-refractivity contribution >= 4 is 29.0 Å². The molecule has 142 valence electrons. The van der Waals surface area contributed by atoms with Crippen LogP contribution in [0.2, 0.25) is 0 Å². The minimum absolute atomic E-state index is 0.0476. The molecule has 3 atom stereocenters. The molecule has 0 aromatic heterocycles. The third kappa shape index (κ3) is 4.46. The molecule has 3 unspecified atom stereocenters. The lowest BCUT2D eigenvalue weighted by molar-refractivity contribution is -0.119. The van der Waals surface area contributed by atoms with Crippen LogP contribution in [0, 0.1) is 5.82 Å². The van der Waals surface area contributed by atoms with Gasteiger partial charge in [0.1, 0.15) is 17.7 Å². The SMILES string of the molecule is CC(=O)NCC1CN(c2ccc(C3CCC[S+]([O-])NC3)c(F)c2)C(=O)O1. The average molecular weight is 383 g/mol. The second-order valence-corrected chi connectivity index (χ2v) is 7.88. The van der Waals surface area contributed by atoms with Gasteiger partial charge in [-0.1, -0.05) is 6.07 Å². The van der Waals surface area contributed by atoms with E-state index in [0.29, 0.717) is 23.5 Å². The first-order valence-electron chi connectivity index (χ1n) is 8.58. The number of anilines is 1. The molecule has 2 aliphatic rings. The van der Waals surface area contributed by atoms with Gasteiger partial charge >= 0.3 is 6.09 Å². The van der Waals surface area contributed by atoms with E-state index in [1.54, 1.807) is 12.1 Å². The number of benzene rings is 1. The number of cyclic esters (lactones) is 1. The zero-order chi connectivity index (χ0) is 18.7. The summed E-state index contributed by atoms with van der Waals surface area (Å²) in [4.78, 5) is 24.4. The summed E-state index contributed by atoms with van der Waals surface area (Å²) >= 11 is -1.05. The lowest BCUT2D eigenvalue weighted by atomic mass is 9.94. The number of carbonyl (C=O) groups excluding carboxylic acids is 2. The van der Waals surface area contributed by atoms with E-state index in [-0.39, 0.29) is 30.7 Å². The number of nitrogens with one attached hydrogen (secondary N) is 2. The average Bonchev–Trinajstić information content (AvgIpc) is 2.83. The third-order valence-corrected chi connectivity index (χ3v) is 5.71. The number of nitrogens with zero attached hydrogens (tertiary/aromatic N) is 1. The molecule has 2 amide bonds. The first kappa shape index (κ1) is 18.9. The number of hydrogen-bond acceptors (Lipinski definition) is 5. The van der Waals surface area contributed by atoms with E-state index in [4.69, 9.17) is 4.74 Å². The van der Waals surface area contributed by atoms with Crippen molar-refractivity contribution in [1.82, 2.24) is 10.0 Å². The Hall–Kier alpha value is -1.84. The van der Waals surface area contributed by atoms with Crippen molar-refractivity contribution in [2.24, 2.45) is 0 Å². The van der Waals surface area contributed by atoms with Crippen molar-refractivity contribution in [3.8, 4) is 0 Å². The zero-order valence-electron chi connectivity index (χ0n) is 14.5. The molecule has 0 radical (unpaired) electrons. The number of carbonyl (C=O) groups is 2. The second kappa shape index (κ2) is 8.24. The van der Waals surface area contributed by atoms with Crippen molar-refractivity contribution in [3.63, 3.8) is 0 Å². The van der Waals surface area contributed by atoms with Gasteiger partial charge in [0.05, 0.1) is 18.8 Å². The van der Waals surface area contributed by atoms with Crippen molar-refractivity contribution < 1.29 is 23.3 Å². The van der Waals surface area contributed by atoms with Crippen LogP contribution < -0.4 is 14.9 Å². The highest BCUT2D eigenvalue weighted by Crippen LogP contribution is 2.30. The van der Waals surface area contributed by atoms with Crippen LogP contribution in [0.25, 0.3) is 0 Å². The smallest absolute Gasteiger partial charge is 0.414 e. The molecule has 9 heteroatoms. The first-order valence-corrected chi connectivity index (χ1v) is 9.90. The van der Waals surface area contributed by atoms with Crippen LogP contribution >= 0.6 is 0 Å². The predicted molar refractivity (Wildman–Crippen MR) is 95.7 cm³/mol. The Bertz CT molecular complexity index is 690. The van der Waals surface area contributed by atoms with Crippen molar-refractivity contribution in [1.29, 1.82) is 0 Å². The maximum atomic E-state index is 14.7. The van der Waals surface area contributed by atoms with Gasteiger partial charge in [-0.15, -0.1) is 4.72 Å². The predicted octanol–water partition coefficient (Wildman–Crippen LogP) is 1.42. The monoisotopic (exact) mass is 383 g/mol. The van der Waals surface area contributed by atoms with Crippen molar-refractivity contribution in [3.05, 3.63) is 29.6 Å². The van der Waals surface area contributed by atoms with Crippen LogP contribution in [0.3, 0.4) is 0 Å². The van der Waals surface area contributed by atoms with Gasteiger partial charge in [0.2, 0.25) is 5.91 Å². The van der Waals surface area contributed by atoms with Crippen molar-refractivity contribution in [2.45, 2.75) is 31.8 Å². The minimum atomic E-state index is -1.05. The van der Waals surface area contributed by atoms with Crippen LogP contribution in [0.5, 0.6) is 0 Å². The second-order valence-electron chi connectivity index (χ2n) is 6.50. The van der Waals surface area contributed by atoms with Gasteiger partial charge in [-0.2, -0.15) is 0 Å². The molecule has 2 aliphatic heterocycles. The molecule has 26 heavy (non-hydrogen) atoms. The van der Waals surface area contributed by atoms with Crippen LogP contribution in [-0.2, 0) is 20.9 Å². The van der Waals surface area contributed by atoms with Gasteiger partial charge in [-0.25, -0.2) is 9.18 Å². The fourth-order valence-corrected chi connectivity index (χ4v) is 4.17. The van der Waals surface area contributed by atoms with E-state index in [1.807, 2.05) is 0 Å². The minimum Gasteiger partial charge on any atom is -0.598 e. The Labute approximate surface area is 154 Å². The maximum absolute atomic E-state index is 14.7. The summed E-state index contributed by atoms with van der Waals surface area (Å²) in [7, 11) is 0.